The van der Waals surface area contributed by atoms with Crippen LogP contribution in [0.1, 0.15) is 11.3 Å². The van der Waals surface area contributed by atoms with Gasteiger partial charge in [0.2, 0.25) is 12.2 Å². The van der Waals surface area contributed by atoms with Gasteiger partial charge in [0.05, 0.1) is 14.2 Å². The molecule has 0 unspecified atom stereocenters. The second-order valence-electron chi connectivity index (χ2n) is 4.59. The summed E-state index contributed by atoms with van der Waals surface area (Å²) in [6.07, 6.45) is 5.50. The van der Waals surface area contributed by atoms with Crippen LogP contribution >= 0.6 is 0 Å². The lowest BCUT2D eigenvalue weighted by molar-refractivity contribution is -0.687. The van der Waals surface area contributed by atoms with Crippen molar-refractivity contribution in [2.45, 2.75) is 6.54 Å². The summed E-state index contributed by atoms with van der Waals surface area (Å²) in [6.45, 7) is -0.0769. The van der Waals surface area contributed by atoms with Crippen molar-refractivity contribution in [2.75, 3.05) is 14.2 Å². The number of carboxylic acids is 1. The number of carboxylic acid groups (broad SMARTS) is 1. The minimum absolute atomic E-state index is 0.0769. The van der Waals surface area contributed by atoms with Crippen molar-refractivity contribution in [3.63, 3.8) is 0 Å². The van der Waals surface area contributed by atoms with Crippen LogP contribution in [-0.4, -0.2) is 25.3 Å². The summed E-state index contributed by atoms with van der Waals surface area (Å²) in [7, 11) is 3.18. The number of nitrogens with zero attached hydrogens (tertiary/aromatic N) is 1. The average molecular weight is 300 g/mol. The van der Waals surface area contributed by atoms with Crippen molar-refractivity contribution in [2.24, 2.45) is 0 Å². The number of pyridine rings is 1. The van der Waals surface area contributed by atoms with Crippen molar-refractivity contribution in [3.05, 3.63) is 53.9 Å². The second kappa shape index (κ2) is 7.26. The molecule has 1 aromatic carbocycles. The highest BCUT2D eigenvalue weighted by atomic mass is 16.5. The number of hydrogen-bond donors (Lipinski definition) is 1. The smallest absolute Gasteiger partial charge is 0.370 e. The molecule has 1 heterocycles. The Balaban J connectivity index is 2.27. The quantitative estimate of drug-likeness (QED) is 0.831. The maximum atomic E-state index is 10.9. The molecule has 0 amide bonds. The van der Waals surface area contributed by atoms with Gasteiger partial charge in [-0.2, -0.15) is 4.57 Å². The van der Waals surface area contributed by atoms with E-state index in [1.54, 1.807) is 31.0 Å². The number of rotatable bonds is 6. The molecule has 0 bridgehead atoms. The molecule has 2 aromatic rings. The van der Waals surface area contributed by atoms with Gasteiger partial charge in [-0.05, 0) is 29.8 Å². The Morgan fingerprint density at radius 1 is 1.14 bits per heavy atom. The van der Waals surface area contributed by atoms with E-state index in [0.29, 0.717) is 11.5 Å². The molecule has 1 N–H and O–H groups in total. The normalized spacial score (nSPS) is 10.6. The minimum Gasteiger partial charge on any atom is -0.493 e. The van der Waals surface area contributed by atoms with Gasteiger partial charge in [-0.15, -0.1) is 0 Å². The zero-order valence-corrected chi connectivity index (χ0v) is 12.5. The largest absolute Gasteiger partial charge is 0.493 e. The molecular weight excluding hydrogens is 282 g/mol. The topological polar surface area (TPSA) is 59.6 Å². The van der Waals surface area contributed by atoms with Crippen LogP contribution in [0, 0.1) is 0 Å². The monoisotopic (exact) mass is 300 g/mol. The standard InChI is InChI=1S/C17H17NO4/c1-21-15-9-7-13(11-16(15)22-2)6-8-14-5-3-4-10-18(14)12-17(19)20/h3-11H,12H2,1-2H3/p+1/b8-6+. The summed E-state index contributed by atoms with van der Waals surface area (Å²) in [4.78, 5) is 10.9. The van der Waals surface area contributed by atoms with Gasteiger partial charge in [0.25, 0.3) is 0 Å². The first-order valence-electron chi connectivity index (χ1n) is 6.74. The molecule has 0 aliphatic heterocycles. The van der Waals surface area contributed by atoms with Gasteiger partial charge in [-0.25, -0.2) is 4.79 Å². The maximum absolute atomic E-state index is 10.9. The zero-order chi connectivity index (χ0) is 15.9. The molecule has 0 saturated heterocycles. The van der Waals surface area contributed by atoms with Gasteiger partial charge < -0.3 is 14.6 Å². The molecule has 2 rings (SSSR count). The molecule has 0 radical (unpaired) electrons. The third kappa shape index (κ3) is 3.85. The number of aliphatic carboxylic acids is 1. The summed E-state index contributed by atoms with van der Waals surface area (Å²) in [5.41, 5.74) is 1.74. The van der Waals surface area contributed by atoms with Gasteiger partial charge in [0, 0.05) is 18.2 Å². The zero-order valence-electron chi connectivity index (χ0n) is 12.5. The van der Waals surface area contributed by atoms with E-state index in [9.17, 15) is 4.79 Å². The number of carbonyl (C=O) groups is 1. The molecule has 0 spiro atoms. The fraction of sp³-hybridized carbons (Fsp3) is 0.176. The van der Waals surface area contributed by atoms with Crippen LogP contribution in [0.2, 0.25) is 0 Å². The molecule has 0 aliphatic carbocycles. The molecule has 114 valence electrons. The van der Waals surface area contributed by atoms with Crippen molar-refractivity contribution in [1.29, 1.82) is 0 Å². The lowest BCUT2D eigenvalue weighted by atomic mass is 10.1. The first-order valence-corrected chi connectivity index (χ1v) is 6.74. The summed E-state index contributed by atoms with van der Waals surface area (Å²) in [6, 6.07) is 11.1. The summed E-state index contributed by atoms with van der Waals surface area (Å²) in [5, 5.41) is 8.93. The van der Waals surface area contributed by atoms with Crippen LogP contribution in [0.5, 0.6) is 11.5 Å². The number of aromatic nitrogens is 1. The number of hydrogen-bond acceptors (Lipinski definition) is 3. The van der Waals surface area contributed by atoms with E-state index in [1.165, 1.54) is 0 Å². The highest BCUT2D eigenvalue weighted by Crippen LogP contribution is 2.28. The minimum atomic E-state index is -0.878. The van der Waals surface area contributed by atoms with Gasteiger partial charge >= 0.3 is 5.97 Å². The van der Waals surface area contributed by atoms with E-state index >= 15 is 0 Å². The number of ether oxygens (including phenoxy) is 2. The first-order chi connectivity index (χ1) is 10.6. The first kappa shape index (κ1) is 15.6. The number of methoxy groups -OCH3 is 2. The van der Waals surface area contributed by atoms with E-state index in [1.807, 2.05) is 42.5 Å². The maximum Gasteiger partial charge on any atom is 0.370 e. The van der Waals surface area contributed by atoms with Crippen molar-refractivity contribution < 1.29 is 23.9 Å². The molecular formula is C17H18NO4+. The van der Waals surface area contributed by atoms with Gasteiger partial charge in [-0.1, -0.05) is 6.07 Å². The average Bonchev–Trinajstić information content (AvgIpc) is 2.53. The lowest BCUT2D eigenvalue weighted by Crippen LogP contribution is -2.40. The Kier molecular flexibility index (Phi) is 5.14. The molecule has 0 atom stereocenters. The van der Waals surface area contributed by atoms with E-state index in [0.717, 1.165) is 11.3 Å². The Morgan fingerprint density at radius 3 is 2.59 bits per heavy atom. The van der Waals surface area contributed by atoms with E-state index < -0.39 is 5.97 Å². The van der Waals surface area contributed by atoms with Crippen molar-refractivity contribution in [1.82, 2.24) is 0 Å². The summed E-state index contributed by atoms with van der Waals surface area (Å²) >= 11 is 0. The Labute approximate surface area is 129 Å². The molecule has 5 heteroatoms. The predicted octanol–water partition coefficient (Wildman–Crippen LogP) is 2.25. The molecule has 0 fully saturated rings. The Morgan fingerprint density at radius 2 is 1.91 bits per heavy atom. The molecule has 5 nitrogen and oxygen atoms in total. The van der Waals surface area contributed by atoms with Gasteiger partial charge in [-0.3, -0.25) is 0 Å². The van der Waals surface area contributed by atoms with Crippen LogP contribution in [-0.2, 0) is 11.3 Å². The van der Waals surface area contributed by atoms with Gasteiger partial charge in [0.15, 0.2) is 17.7 Å². The van der Waals surface area contributed by atoms with Crippen LogP contribution in [0.4, 0.5) is 0 Å². The van der Waals surface area contributed by atoms with E-state index in [2.05, 4.69) is 0 Å². The Hall–Kier alpha value is -2.82. The van der Waals surface area contributed by atoms with E-state index in [-0.39, 0.29) is 6.54 Å². The van der Waals surface area contributed by atoms with Gasteiger partial charge in [0.1, 0.15) is 0 Å². The molecule has 1 aromatic heterocycles. The highest BCUT2D eigenvalue weighted by molar-refractivity contribution is 5.69. The lowest BCUT2D eigenvalue weighted by Gasteiger charge is -2.07. The third-order valence-electron chi connectivity index (χ3n) is 3.14. The molecule has 22 heavy (non-hydrogen) atoms. The SMILES string of the molecule is COc1ccc(/C=C/c2cccc[n+]2CC(=O)O)cc1OC. The van der Waals surface area contributed by atoms with Crippen LogP contribution in [0.25, 0.3) is 12.2 Å². The third-order valence-corrected chi connectivity index (χ3v) is 3.14. The molecule has 0 saturated carbocycles. The highest BCUT2D eigenvalue weighted by Gasteiger charge is 2.11. The van der Waals surface area contributed by atoms with Crippen LogP contribution in [0.15, 0.2) is 42.6 Å². The summed E-state index contributed by atoms with van der Waals surface area (Å²) < 4.78 is 12.1. The fourth-order valence-electron chi connectivity index (χ4n) is 2.07. The van der Waals surface area contributed by atoms with Crippen LogP contribution in [0.3, 0.4) is 0 Å². The van der Waals surface area contributed by atoms with Crippen LogP contribution < -0.4 is 14.0 Å². The van der Waals surface area contributed by atoms with Crippen molar-refractivity contribution >= 4 is 18.1 Å². The molecule has 0 aliphatic rings. The van der Waals surface area contributed by atoms with Crippen molar-refractivity contribution in [3.8, 4) is 11.5 Å². The Bertz CT molecular complexity index is 695. The predicted molar refractivity (Wildman–Crippen MR) is 82.7 cm³/mol. The fourth-order valence-corrected chi connectivity index (χ4v) is 2.07. The summed E-state index contributed by atoms with van der Waals surface area (Å²) in [5.74, 6) is 0.438. The second-order valence-corrected chi connectivity index (χ2v) is 4.59. The number of benzene rings is 1. The van der Waals surface area contributed by atoms with E-state index in [4.69, 9.17) is 14.6 Å².